The van der Waals surface area contributed by atoms with Crippen LogP contribution in [0, 0.1) is 0 Å². The molecule has 0 radical (unpaired) electrons. The van der Waals surface area contributed by atoms with E-state index in [1.807, 2.05) is 11.0 Å². The number of nitrogens with zero attached hydrogens (tertiary/aromatic N) is 1. The molecule has 1 amide bonds. The van der Waals surface area contributed by atoms with Crippen LogP contribution in [0.15, 0.2) is 25.3 Å². The zero-order chi connectivity index (χ0) is 14.1. The van der Waals surface area contributed by atoms with Gasteiger partial charge in [0.15, 0.2) is 5.50 Å². The minimum atomic E-state index is -0.0234. The van der Waals surface area contributed by atoms with Crippen LogP contribution in [0.5, 0.6) is 0 Å². The Hall–Kier alpha value is -1.20. The lowest BCUT2D eigenvalue weighted by Crippen LogP contribution is -2.46. The van der Waals surface area contributed by atoms with Crippen molar-refractivity contribution in [2.75, 3.05) is 17.6 Å². The molecule has 0 aromatic carbocycles. The van der Waals surface area contributed by atoms with Gasteiger partial charge in [0.25, 0.3) is 5.91 Å². The number of hydrogen-bond acceptors (Lipinski definition) is 4. The van der Waals surface area contributed by atoms with Crippen LogP contribution in [0.3, 0.4) is 0 Å². The van der Waals surface area contributed by atoms with Crippen molar-refractivity contribution in [3.05, 3.63) is 41.3 Å². The molecule has 3 rings (SSSR count). The Kier molecular flexibility index (Phi) is 3.89. The highest BCUT2D eigenvalue weighted by molar-refractivity contribution is 8.00. The van der Waals surface area contributed by atoms with Crippen molar-refractivity contribution < 1.29 is 4.79 Å². The Bertz CT molecular complexity index is 564. The summed E-state index contributed by atoms with van der Waals surface area (Å²) in [6.45, 7) is 8.10. The largest absolute Gasteiger partial charge is 0.348 e. The van der Waals surface area contributed by atoms with Gasteiger partial charge in [-0.05, 0) is 24.8 Å². The van der Waals surface area contributed by atoms with Crippen LogP contribution in [-0.4, -0.2) is 28.6 Å². The highest BCUT2D eigenvalue weighted by Gasteiger charge is 2.36. The van der Waals surface area contributed by atoms with E-state index in [2.05, 4.69) is 18.5 Å². The summed E-state index contributed by atoms with van der Waals surface area (Å²) < 4.78 is 0. The zero-order valence-corrected chi connectivity index (χ0v) is 13.0. The van der Waals surface area contributed by atoms with Crippen LogP contribution < -0.4 is 5.32 Å². The first-order chi connectivity index (χ1) is 9.76. The second-order valence-corrected chi connectivity index (χ2v) is 7.14. The van der Waals surface area contributed by atoms with Gasteiger partial charge in [0.1, 0.15) is 5.00 Å². The van der Waals surface area contributed by atoms with Crippen LogP contribution in [0.25, 0.3) is 0 Å². The Morgan fingerprint density at radius 1 is 1.40 bits per heavy atom. The molecule has 106 valence electrons. The Balaban J connectivity index is 1.95. The second-order valence-electron chi connectivity index (χ2n) is 4.93. The zero-order valence-electron chi connectivity index (χ0n) is 11.4. The van der Waals surface area contributed by atoms with Gasteiger partial charge in [-0.15, -0.1) is 36.3 Å². The lowest BCUT2D eigenvalue weighted by molar-refractivity contribution is 0.0760. The number of carbonyl (C=O) groups excluding carboxylic acids is 1. The molecule has 2 aliphatic rings. The maximum atomic E-state index is 12.8. The van der Waals surface area contributed by atoms with E-state index >= 15 is 0 Å². The number of rotatable bonds is 5. The van der Waals surface area contributed by atoms with Gasteiger partial charge < -0.3 is 10.2 Å². The van der Waals surface area contributed by atoms with E-state index in [0.29, 0.717) is 6.54 Å². The smallest absolute Gasteiger partial charge is 0.259 e. The fraction of sp³-hybridized carbons (Fsp3) is 0.400. The first-order valence-corrected chi connectivity index (χ1v) is 8.68. The molecule has 1 aromatic rings. The average Bonchev–Trinajstić information content (AvgIpc) is 3.00. The van der Waals surface area contributed by atoms with Crippen LogP contribution >= 0.6 is 23.1 Å². The van der Waals surface area contributed by atoms with Crippen molar-refractivity contribution in [3.63, 3.8) is 0 Å². The summed E-state index contributed by atoms with van der Waals surface area (Å²) in [5.74, 6) is 0.971. The van der Waals surface area contributed by atoms with Gasteiger partial charge in [0.05, 0.1) is 5.56 Å². The molecule has 0 saturated carbocycles. The quantitative estimate of drug-likeness (QED) is 0.845. The van der Waals surface area contributed by atoms with Gasteiger partial charge in [-0.3, -0.25) is 4.79 Å². The maximum absolute atomic E-state index is 12.8. The van der Waals surface area contributed by atoms with Gasteiger partial charge in [-0.1, -0.05) is 12.2 Å². The SMILES string of the molecule is C=CCS[C@H]1Nc2sc3c(c2C(=O)N1CC=C)CCC3. The van der Waals surface area contributed by atoms with E-state index in [1.165, 1.54) is 16.9 Å². The van der Waals surface area contributed by atoms with Gasteiger partial charge in [0, 0.05) is 17.2 Å². The summed E-state index contributed by atoms with van der Waals surface area (Å²) in [6.07, 6.45) is 7.00. The number of amides is 1. The molecule has 1 aromatic heterocycles. The van der Waals surface area contributed by atoms with Crippen LogP contribution in [0.1, 0.15) is 27.2 Å². The average molecular weight is 306 g/mol. The molecule has 0 saturated heterocycles. The number of aryl methyl sites for hydroxylation is 1. The Morgan fingerprint density at radius 2 is 2.25 bits per heavy atom. The third kappa shape index (κ3) is 2.19. The van der Waals surface area contributed by atoms with Crippen molar-refractivity contribution in [2.45, 2.75) is 24.8 Å². The molecule has 20 heavy (non-hydrogen) atoms. The summed E-state index contributed by atoms with van der Waals surface area (Å²) in [5.41, 5.74) is 2.17. The molecule has 5 heteroatoms. The fourth-order valence-corrected chi connectivity index (χ4v) is 5.04. The van der Waals surface area contributed by atoms with E-state index in [1.54, 1.807) is 29.2 Å². The first kappa shape index (κ1) is 13.8. The van der Waals surface area contributed by atoms with E-state index in [-0.39, 0.29) is 11.4 Å². The highest BCUT2D eigenvalue weighted by Crippen LogP contribution is 2.43. The Labute approximate surface area is 127 Å². The van der Waals surface area contributed by atoms with Crippen LogP contribution in [0.4, 0.5) is 5.00 Å². The van der Waals surface area contributed by atoms with Gasteiger partial charge in [-0.2, -0.15) is 0 Å². The molecule has 1 aliphatic heterocycles. The molecule has 0 bridgehead atoms. The number of nitrogens with one attached hydrogen (secondary N) is 1. The number of fused-ring (bicyclic) bond motifs is 3. The number of carbonyl (C=O) groups is 1. The third-order valence-corrected chi connectivity index (χ3v) is 5.97. The molecule has 1 aliphatic carbocycles. The summed E-state index contributed by atoms with van der Waals surface area (Å²) in [4.78, 5) is 16.1. The molecule has 1 N–H and O–H groups in total. The predicted molar refractivity (Wildman–Crippen MR) is 87.6 cm³/mol. The fourth-order valence-electron chi connectivity index (χ4n) is 2.78. The van der Waals surface area contributed by atoms with E-state index in [4.69, 9.17) is 0 Å². The number of thioether (sulfide) groups is 1. The number of anilines is 1. The molecular formula is C15H18N2OS2. The molecular weight excluding hydrogens is 288 g/mol. The summed E-state index contributed by atoms with van der Waals surface area (Å²) >= 11 is 3.45. The molecule has 0 unspecified atom stereocenters. The van der Waals surface area contributed by atoms with Crippen molar-refractivity contribution in [1.29, 1.82) is 0 Å². The lowest BCUT2D eigenvalue weighted by Gasteiger charge is -2.35. The lowest BCUT2D eigenvalue weighted by atomic mass is 10.1. The summed E-state index contributed by atoms with van der Waals surface area (Å²) in [7, 11) is 0. The highest BCUT2D eigenvalue weighted by atomic mass is 32.2. The predicted octanol–water partition coefficient (Wildman–Crippen LogP) is 3.49. The van der Waals surface area contributed by atoms with Gasteiger partial charge in [-0.25, -0.2) is 0 Å². The Morgan fingerprint density at radius 3 is 3.00 bits per heavy atom. The number of hydrogen-bond donors (Lipinski definition) is 1. The monoisotopic (exact) mass is 306 g/mol. The van der Waals surface area contributed by atoms with Crippen molar-refractivity contribution in [1.82, 2.24) is 4.90 Å². The van der Waals surface area contributed by atoms with E-state index in [9.17, 15) is 4.79 Å². The molecule has 3 nitrogen and oxygen atoms in total. The van der Waals surface area contributed by atoms with E-state index < -0.39 is 0 Å². The normalized spacial score (nSPS) is 20.3. The van der Waals surface area contributed by atoms with Crippen molar-refractivity contribution in [3.8, 4) is 0 Å². The maximum Gasteiger partial charge on any atom is 0.259 e. The van der Waals surface area contributed by atoms with Crippen LogP contribution in [-0.2, 0) is 12.8 Å². The molecule has 2 heterocycles. The third-order valence-electron chi connectivity index (χ3n) is 3.63. The minimum Gasteiger partial charge on any atom is -0.348 e. The second kappa shape index (κ2) is 5.66. The molecule has 0 fully saturated rings. The van der Waals surface area contributed by atoms with Crippen molar-refractivity contribution >= 4 is 34.0 Å². The van der Waals surface area contributed by atoms with Crippen molar-refractivity contribution in [2.24, 2.45) is 0 Å². The summed E-state index contributed by atoms with van der Waals surface area (Å²) in [6, 6.07) is 0. The van der Waals surface area contributed by atoms with Gasteiger partial charge >= 0.3 is 0 Å². The van der Waals surface area contributed by atoms with Crippen LogP contribution in [0.2, 0.25) is 0 Å². The number of thiophene rings is 1. The first-order valence-electron chi connectivity index (χ1n) is 6.81. The summed E-state index contributed by atoms with van der Waals surface area (Å²) in [5, 5.41) is 4.57. The molecule has 0 spiro atoms. The van der Waals surface area contributed by atoms with E-state index in [0.717, 1.165) is 29.2 Å². The topological polar surface area (TPSA) is 32.3 Å². The minimum absolute atomic E-state index is 0.0234. The standard InChI is InChI=1S/C15H18N2OS2/c1-3-8-17-14(18)12-10-6-5-7-11(10)20-13(12)16-15(17)19-9-4-2/h3-4,15-16H,1-2,5-9H2/t15-/m0/s1. The van der Waals surface area contributed by atoms with Gasteiger partial charge in [0.2, 0.25) is 0 Å². The molecule has 1 atom stereocenters.